The molecular formula is C18H16ClNO3. The average Bonchev–Trinajstić information content (AvgIpc) is 3.37. The Morgan fingerprint density at radius 2 is 1.78 bits per heavy atom. The Labute approximate surface area is 139 Å². The van der Waals surface area contributed by atoms with Crippen molar-refractivity contribution in [2.75, 3.05) is 18.5 Å². The number of carbonyl (C=O) groups is 1. The fraction of sp³-hybridized carbons (Fsp3) is 0.278. The van der Waals surface area contributed by atoms with Crippen molar-refractivity contribution in [3.05, 3.63) is 53.1 Å². The Balaban J connectivity index is 1.43. The monoisotopic (exact) mass is 329 g/mol. The summed E-state index contributed by atoms with van der Waals surface area (Å²) < 4.78 is 11.1. The van der Waals surface area contributed by atoms with Crippen molar-refractivity contribution < 1.29 is 14.3 Å². The van der Waals surface area contributed by atoms with E-state index in [0.717, 1.165) is 29.2 Å². The van der Waals surface area contributed by atoms with E-state index in [1.165, 1.54) is 0 Å². The van der Waals surface area contributed by atoms with Crippen molar-refractivity contribution in [3.63, 3.8) is 0 Å². The molecule has 1 amide bonds. The van der Waals surface area contributed by atoms with E-state index in [4.69, 9.17) is 21.1 Å². The molecule has 1 N–H and O–H groups in total. The fourth-order valence-electron chi connectivity index (χ4n) is 2.91. The molecule has 2 aromatic carbocycles. The molecule has 0 radical (unpaired) electrons. The van der Waals surface area contributed by atoms with Gasteiger partial charge >= 0.3 is 0 Å². The Bertz CT molecular complexity index is 744. The van der Waals surface area contributed by atoms with Gasteiger partial charge in [0.2, 0.25) is 5.91 Å². The minimum atomic E-state index is 0.00763. The summed E-state index contributed by atoms with van der Waals surface area (Å²) in [6.07, 6.45) is 0.860. The van der Waals surface area contributed by atoms with Gasteiger partial charge in [-0.05, 0) is 54.3 Å². The smallest absolute Gasteiger partial charge is 0.228 e. The van der Waals surface area contributed by atoms with E-state index in [1.807, 2.05) is 30.3 Å². The average molecular weight is 330 g/mol. The number of benzene rings is 2. The van der Waals surface area contributed by atoms with Crippen molar-refractivity contribution >= 4 is 23.2 Å². The van der Waals surface area contributed by atoms with Gasteiger partial charge in [0.25, 0.3) is 0 Å². The standard InChI is InChI=1S/C18H16ClNO3/c19-12-2-4-13(5-3-12)20-18(21)15-10-14(15)11-1-6-16-17(9-11)23-8-7-22-16/h1-6,9,14-15H,7-8,10H2,(H,20,21)/t14-,15-/m1/s1. The number of anilines is 1. The molecule has 4 rings (SSSR count). The highest BCUT2D eigenvalue weighted by Gasteiger charge is 2.44. The normalized spacial score (nSPS) is 21.6. The van der Waals surface area contributed by atoms with Gasteiger partial charge in [0.05, 0.1) is 0 Å². The van der Waals surface area contributed by atoms with E-state index in [9.17, 15) is 4.79 Å². The first-order valence-corrected chi connectivity index (χ1v) is 8.04. The van der Waals surface area contributed by atoms with Crippen molar-refractivity contribution in [3.8, 4) is 11.5 Å². The first-order chi connectivity index (χ1) is 11.2. The molecule has 0 aromatic heterocycles. The van der Waals surface area contributed by atoms with Crippen LogP contribution in [-0.4, -0.2) is 19.1 Å². The molecule has 4 nitrogen and oxygen atoms in total. The number of nitrogens with one attached hydrogen (secondary N) is 1. The van der Waals surface area contributed by atoms with Crippen molar-refractivity contribution in [1.29, 1.82) is 0 Å². The number of hydrogen-bond acceptors (Lipinski definition) is 3. The molecule has 23 heavy (non-hydrogen) atoms. The highest BCUT2D eigenvalue weighted by molar-refractivity contribution is 6.30. The van der Waals surface area contributed by atoms with Gasteiger partial charge in [0, 0.05) is 16.6 Å². The number of halogens is 1. The molecule has 1 aliphatic carbocycles. The minimum absolute atomic E-state index is 0.00763. The minimum Gasteiger partial charge on any atom is -0.486 e. The quantitative estimate of drug-likeness (QED) is 0.930. The maximum Gasteiger partial charge on any atom is 0.228 e. The van der Waals surface area contributed by atoms with Crippen LogP contribution >= 0.6 is 11.6 Å². The molecule has 2 aliphatic rings. The van der Waals surface area contributed by atoms with Gasteiger partial charge in [-0.2, -0.15) is 0 Å². The number of carbonyl (C=O) groups excluding carboxylic acids is 1. The van der Waals surface area contributed by atoms with Crippen LogP contribution in [0.3, 0.4) is 0 Å². The summed E-state index contributed by atoms with van der Waals surface area (Å²) >= 11 is 5.85. The van der Waals surface area contributed by atoms with Gasteiger partial charge in [0.15, 0.2) is 11.5 Å². The number of fused-ring (bicyclic) bond motifs is 1. The van der Waals surface area contributed by atoms with Crippen LogP contribution in [0.15, 0.2) is 42.5 Å². The van der Waals surface area contributed by atoms with Crippen LogP contribution in [0.2, 0.25) is 5.02 Å². The second kappa shape index (κ2) is 5.78. The lowest BCUT2D eigenvalue weighted by molar-refractivity contribution is -0.117. The van der Waals surface area contributed by atoms with Crippen LogP contribution in [0.1, 0.15) is 17.9 Å². The Kier molecular flexibility index (Phi) is 3.62. The lowest BCUT2D eigenvalue weighted by atomic mass is 10.1. The molecule has 0 bridgehead atoms. The van der Waals surface area contributed by atoms with Crippen LogP contribution in [0.5, 0.6) is 11.5 Å². The fourth-order valence-corrected chi connectivity index (χ4v) is 3.04. The molecule has 118 valence electrons. The van der Waals surface area contributed by atoms with E-state index in [1.54, 1.807) is 12.1 Å². The molecule has 1 fully saturated rings. The van der Waals surface area contributed by atoms with Gasteiger partial charge < -0.3 is 14.8 Å². The highest BCUT2D eigenvalue weighted by atomic mass is 35.5. The summed E-state index contributed by atoms with van der Waals surface area (Å²) in [4.78, 5) is 12.3. The number of amides is 1. The SMILES string of the molecule is O=C(Nc1ccc(Cl)cc1)[C@@H]1C[C@@H]1c1ccc2c(c1)OCCO2. The molecule has 1 aliphatic heterocycles. The van der Waals surface area contributed by atoms with Crippen LogP contribution in [0, 0.1) is 5.92 Å². The van der Waals surface area contributed by atoms with Crippen LogP contribution in [0.25, 0.3) is 0 Å². The van der Waals surface area contributed by atoms with Gasteiger partial charge in [-0.1, -0.05) is 17.7 Å². The Morgan fingerprint density at radius 1 is 1.04 bits per heavy atom. The molecule has 2 aromatic rings. The first-order valence-electron chi connectivity index (χ1n) is 7.67. The topological polar surface area (TPSA) is 47.6 Å². The Morgan fingerprint density at radius 3 is 2.57 bits per heavy atom. The van der Waals surface area contributed by atoms with Crippen LogP contribution in [0.4, 0.5) is 5.69 Å². The Hall–Kier alpha value is -2.20. The van der Waals surface area contributed by atoms with E-state index in [2.05, 4.69) is 5.32 Å². The van der Waals surface area contributed by atoms with E-state index in [0.29, 0.717) is 18.2 Å². The van der Waals surface area contributed by atoms with E-state index in [-0.39, 0.29) is 17.7 Å². The van der Waals surface area contributed by atoms with Gasteiger partial charge in [0.1, 0.15) is 13.2 Å². The summed E-state index contributed by atoms with van der Waals surface area (Å²) in [5.41, 5.74) is 1.90. The van der Waals surface area contributed by atoms with Crippen molar-refractivity contribution in [1.82, 2.24) is 0 Å². The molecular weight excluding hydrogens is 314 g/mol. The summed E-state index contributed by atoms with van der Waals surface area (Å²) in [6.45, 7) is 1.16. The third-order valence-corrected chi connectivity index (χ3v) is 4.49. The predicted octanol–water partition coefficient (Wildman–Crippen LogP) is 3.85. The maximum absolute atomic E-state index is 12.3. The lowest BCUT2D eigenvalue weighted by Crippen LogP contribution is -2.16. The largest absolute Gasteiger partial charge is 0.486 e. The van der Waals surface area contributed by atoms with Crippen LogP contribution < -0.4 is 14.8 Å². The summed E-state index contributed by atoms with van der Waals surface area (Å²) in [7, 11) is 0. The molecule has 5 heteroatoms. The van der Waals surface area contributed by atoms with Gasteiger partial charge in [-0.15, -0.1) is 0 Å². The van der Waals surface area contributed by atoms with Crippen molar-refractivity contribution in [2.45, 2.75) is 12.3 Å². The molecule has 0 unspecified atom stereocenters. The molecule has 2 atom stereocenters. The molecule has 1 saturated carbocycles. The number of ether oxygens (including phenoxy) is 2. The summed E-state index contributed by atoms with van der Waals surface area (Å²) in [5.74, 6) is 1.86. The third kappa shape index (κ3) is 2.99. The first kappa shape index (κ1) is 14.4. The van der Waals surface area contributed by atoms with Gasteiger partial charge in [-0.3, -0.25) is 4.79 Å². The maximum atomic E-state index is 12.3. The molecule has 0 spiro atoms. The zero-order valence-electron chi connectivity index (χ0n) is 12.4. The van der Waals surface area contributed by atoms with Gasteiger partial charge in [-0.25, -0.2) is 0 Å². The summed E-state index contributed by atoms with van der Waals surface area (Å²) in [5, 5.41) is 3.60. The van der Waals surface area contributed by atoms with Crippen LogP contribution in [-0.2, 0) is 4.79 Å². The number of rotatable bonds is 3. The zero-order valence-corrected chi connectivity index (χ0v) is 13.2. The predicted molar refractivity (Wildman–Crippen MR) is 88.4 cm³/mol. The highest BCUT2D eigenvalue weighted by Crippen LogP contribution is 2.49. The summed E-state index contributed by atoms with van der Waals surface area (Å²) in [6, 6.07) is 13.1. The third-order valence-electron chi connectivity index (χ3n) is 4.23. The van der Waals surface area contributed by atoms with E-state index >= 15 is 0 Å². The molecule has 0 saturated heterocycles. The number of hydrogen-bond donors (Lipinski definition) is 1. The second-order valence-electron chi connectivity index (χ2n) is 5.85. The molecule has 1 heterocycles. The van der Waals surface area contributed by atoms with Crippen molar-refractivity contribution in [2.24, 2.45) is 5.92 Å². The lowest BCUT2D eigenvalue weighted by Gasteiger charge is -2.18. The zero-order chi connectivity index (χ0) is 15.8. The van der Waals surface area contributed by atoms with E-state index < -0.39 is 0 Å². The second-order valence-corrected chi connectivity index (χ2v) is 6.28.